The van der Waals surface area contributed by atoms with Crippen molar-refractivity contribution >= 4 is 5.97 Å². The number of halogens is 1. The number of aliphatic carboxylic acids is 1. The van der Waals surface area contributed by atoms with Crippen LogP contribution in [0.25, 0.3) is 0 Å². The van der Waals surface area contributed by atoms with Crippen molar-refractivity contribution in [3.63, 3.8) is 0 Å². The molecule has 1 heterocycles. The molecule has 1 aliphatic heterocycles. The lowest BCUT2D eigenvalue weighted by Gasteiger charge is -2.37. The highest BCUT2D eigenvalue weighted by Crippen LogP contribution is 2.26. The van der Waals surface area contributed by atoms with Gasteiger partial charge in [-0.25, -0.2) is 4.39 Å². The number of rotatable bonds is 5. The summed E-state index contributed by atoms with van der Waals surface area (Å²) in [6.45, 7) is 1.04. The summed E-state index contributed by atoms with van der Waals surface area (Å²) in [7, 11) is 0. The summed E-state index contributed by atoms with van der Waals surface area (Å²) in [4.78, 5) is 11.0. The molecule has 1 aliphatic rings. The zero-order valence-electron chi connectivity index (χ0n) is 9.28. The van der Waals surface area contributed by atoms with Gasteiger partial charge in [0.05, 0.1) is 13.2 Å². The van der Waals surface area contributed by atoms with E-state index in [-0.39, 0.29) is 25.6 Å². The van der Waals surface area contributed by atoms with Gasteiger partial charge in [0, 0.05) is 18.7 Å². The van der Waals surface area contributed by atoms with E-state index >= 15 is 0 Å². The van der Waals surface area contributed by atoms with Crippen molar-refractivity contribution in [2.24, 2.45) is 5.41 Å². The van der Waals surface area contributed by atoms with E-state index in [2.05, 4.69) is 5.32 Å². The standard InChI is InChI=1S/C12H14FNO3/c13-10-4-2-1-3-9(10)5-14-6-12(11(15)16)7-17-8-12/h1-4,14H,5-8H2,(H,15,16). The van der Waals surface area contributed by atoms with Crippen molar-refractivity contribution in [3.8, 4) is 0 Å². The van der Waals surface area contributed by atoms with Gasteiger partial charge in [-0.15, -0.1) is 0 Å². The minimum Gasteiger partial charge on any atom is -0.481 e. The van der Waals surface area contributed by atoms with Crippen LogP contribution in [0.3, 0.4) is 0 Å². The van der Waals surface area contributed by atoms with Crippen LogP contribution >= 0.6 is 0 Å². The molecule has 0 aromatic heterocycles. The van der Waals surface area contributed by atoms with Crippen molar-refractivity contribution in [2.45, 2.75) is 6.54 Å². The molecule has 92 valence electrons. The molecule has 0 radical (unpaired) electrons. The highest BCUT2D eigenvalue weighted by Gasteiger charge is 2.45. The average Bonchev–Trinajstić information content (AvgIpc) is 2.23. The Morgan fingerprint density at radius 3 is 2.71 bits per heavy atom. The first kappa shape index (κ1) is 12.0. The van der Waals surface area contributed by atoms with Crippen LogP contribution in [0.4, 0.5) is 4.39 Å². The molecule has 0 unspecified atom stereocenters. The average molecular weight is 239 g/mol. The predicted molar refractivity (Wildman–Crippen MR) is 59.0 cm³/mol. The second kappa shape index (κ2) is 4.81. The maximum atomic E-state index is 13.3. The Morgan fingerprint density at radius 1 is 1.47 bits per heavy atom. The van der Waals surface area contributed by atoms with Crippen molar-refractivity contribution < 1.29 is 19.0 Å². The van der Waals surface area contributed by atoms with Crippen LogP contribution in [0.2, 0.25) is 0 Å². The third-order valence-corrected chi connectivity index (χ3v) is 2.95. The van der Waals surface area contributed by atoms with E-state index in [1.807, 2.05) is 0 Å². The van der Waals surface area contributed by atoms with Crippen LogP contribution < -0.4 is 5.32 Å². The lowest BCUT2D eigenvalue weighted by Crippen LogP contribution is -2.55. The Morgan fingerprint density at radius 2 is 2.18 bits per heavy atom. The monoisotopic (exact) mass is 239 g/mol. The number of carbonyl (C=O) groups is 1. The van der Waals surface area contributed by atoms with E-state index in [0.29, 0.717) is 12.1 Å². The smallest absolute Gasteiger partial charge is 0.315 e. The first-order chi connectivity index (χ1) is 8.14. The molecule has 2 rings (SSSR count). The summed E-state index contributed by atoms with van der Waals surface area (Å²) in [6.07, 6.45) is 0. The number of hydrogen-bond donors (Lipinski definition) is 2. The number of nitrogens with one attached hydrogen (secondary N) is 1. The molecule has 1 saturated heterocycles. The molecule has 1 fully saturated rings. The normalized spacial score (nSPS) is 17.5. The van der Waals surface area contributed by atoms with Crippen LogP contribution in [0, 0.1) is 11.2 Å². The Kier molecular flexibility index (Phi) is 3.40. The summed E-state index contributed by atoms with van der Waals surface area (Å²) in [5, 5.41) is 12.0. The summed E-state index contributed by atoms with van der Waals surface area (Å²) >= 11 is 0. The predicted octanol–water partition coefficient (Wildman–Crippen LogP) is 1.02. The fourth-order valence-electron chi connectivity index (χ4n) is 1.73. The number of ether oxygens (including phenoxy) is 1. The molecule has 5 heteroatoms. The first-order valence-corrected chi connectivity index (χ1v) is 5.39. The summed E-state index contributed by atoms with van der Waals surface area (Å²) in [5.41, 5.74) is -0.307. The molecule has 0 spiro atoms. The van der Waals surface area contributed by atoms with Crippen LogP contribution in [0.1, 0.15) is 5.56 Å². The van der Waals surface area contributed by atoms with Gasteiger partial charge in [-0.05, 0) is 6.07 Å². The van der Waals surface area contributed by atoms with Crippen LogP contribution in [0.15, 0.2) is 24.3 Å². The van der Waals surface area contributed by atoms with Crippen LogP contribution in [0.5, 0.6) is 0 Å². The maximum Gasteiger partial charge on any atom is 0.315 e. The lowest BCUT2D eigenvalue weighted by atomic mass is 9.86. The molecule has 2 N–H and O–H groups in total. The van der Waals surface area contributed by atoms with Crippen molar-refractivity contribution in [2.75, 3.05) is 19.8 Å². The first-order valence-electron chi connectivity index (χ1n) is 5.39. The number of hydrogen-bond acceptors (Lipinski definition) is 3. The van der Waals surface area contributed by atoms with Gasteiger partial charge in [-0.1, -0.05) is 18.2 Å². The van der Waals surface area contributed by atoms with Gasteiger partial charge in [0.2, 0.25) is 0 Å². The summed E-state index contributed by atoms with van der Waals surface area (Å²) < 4.78 is 18.2. The minimum atomic E-state index is -0.871. The summed E-state index contributed by atoms with van der Waals surface area (Å²) in [5.74, 6) is -1.15. The van der Waals surface area contributed by atoms with Gasteiger partial charge in [-0.3, -0.25) is 4.79 Å². The number of carboxylic acids is 1. The van der Waals surface area contributed by atoms with E-state index in [1.54, 1.807) is 18.2 Å². The Labute approximate surface area is 98.4 Å². The van der Waals surface area contributed by atoms with Gasteiger partial charge in [0.1, 0.15) is 11.2 Å². The quantitative estimate of drug-likeness (QED) is 0.805. The minimum absolute atomic E-state index is 0.215. The Hall–Kier alpha value is -1.46. The fourth-order valence-corrected chi connectivity index (χ4v) is 1.73. The number of carboxylic acid groups (broad SMARTS) is 1. The van der Waals surface area contributed by atoms with E-state index in [9.17, 15) is 9.18 Å². The van der Waals surface area contributed by atoms with E-state index < -0.39 is 11.4 Å². The zero-order chi connectivity index (χ0) is 12.3. The van der Waals surface area contributed by atoms with Crippen molar-refractivity contribution in [1.82, 2.24) is 5.32 Å². The molecule has 4 nitrogen and oxygen atoms in total. The SMILES string of the molecule is O=C(O)C1(CNCc2ccccc2F)COC1. The van der Waals surface area contributed by atoms with Crippen molar-refractivity contribution in [1.29, 1.82) is 0 Å². The molecule has 0 saturated carbocycles. The van der Waals surface area contributed by atoms with Crippen molar-refractivity contribution in [3.05, 3.63) is 35.6 Å². The second-order valence-corrected chi connectivity index (χ2v) is 4.27. The maximum absolute atomic E-state index is 13.3. The fraction of sp³-hybridized carbons (Fsp3) is 0.417. The molecule has 0 aliphatic carbocycles. The highest BCUT2D eigenvalue weighted by atomic mass is 19.1. The van der Waals surface area contributed by atoms with Gasteiger partial charge in [0.25, 0.3) is 0 Å². The molecule has 0 atom stereocenters. The topological polar surface area (TPSA) is 58.6 Å². The lowest BCUT2D eigenvalue weighted by molar-refractivity contribution is -0.178. The molecular weight excluding hydrogens is 225 g/mol. The van der Waals surface area contributed by atoms with Gasteiger partial charge in [0.15, 0.2) is 0 Å². The molecule has 0 bridgehead atoms. The third-order valence-electron chi connectivity index (χ3n) is 2.95. The Bertz CT molecular complexity index is 418. The van der Waals surface area contributed by atoms with E-state index in [1.165, 1.54) is 6.07 Å². The largest absolute Gasteiger partial charge is 0.481 e. The Balaban J connectivity index is 1.88. The zero-order valence-corrected chi connectivity index (χ0v) is 9.28. The van der Waals surface area contributed by atoms with Gasteiger partial charge in [-0.2, -0.15) is 0 Å². The van der Waals surface area contributed by atoms with E-state index in [4.69, 9.17) is 9.84 Å². The molecule has 17 heavy (non-hydrogen) atoms. The van der Waals surface area contributed by atoms with E-state index in [0.717, 1.165) is 0 Å². The molecule has 1 aromatic carbocycles. The highest BCUT2D eigenvalue weighted by molar-refractivity contribution is 5.76. The third kappa shape index (κ3) is 2.45. The number of benzene rings is 1. The van der Waals surface area contributed by atoms with Crippen LogP contribution in [-0.4, -0.2) is 30.8 Å². The van der Waals surface area contributed by atoms with Crippen LogP contribution in [-0.2, 0) is 16.1 Å². The second-order valence-electron chi connectivity index (χ2n) is 4.27. The summed E-state index contributed by atoms with van der Waals surface area (Å²) in [6, 6.07) is 6.43. The molecule has 0 amide bonds. The molecular formula is C12H14FNO3. The molecule has 1 aromatic rings. The van der Waals surface area contributed by atoms with Gasteiger partial charge >= 0.3 is 5.97 Å². The van der Waals surface area contributed by atoms with Gasteiger partial charge < -0.3 is 15.2 Å².